The summed E-state index contributed by atoms with van der Waals surface area (Å²) in [4.78, 5) is 16.4. The third kappa shape index (κ3) is 2.81. The summed E-state index contributed by atoms with van der Waals surface area (Å²) in [5, 5.41) is 11.0. The molecule has 5 nitrogen and oxygen atoms in total. The predicted octanol–water partition coefficient (Wildman–Crippen LogP) is 1.82. The van der Waals surface area contributed by atoms with Crippen LogP contribution >= 0.6 is 12.4 Å². The van der Waals surface area contributed by atoms with Crippen LogP contribution in [0.4, 0.5) is 0 Å². The fraction of sp³-hybridized carbons (Fsp3) is 0.167. The van der Waals surface area contributed by atoms with Gasteiger partial charge in [-0.3, -0.25) is 15.5 Å². The van der Waals surface area contributed by atoms with Gasteiger partial charge in [0.25, 0.3) is 5.91 Å². The number of hydrogen-bond donors (Lipinski definition) is 3. The van der Waals surface area contributed by atoms with Crippen LogP contribution in [0.2, 0.25) is 0 Å². The molecule has 0 fully saturated rings. The Morgan fingerprint density at radius 1 is 1.33 bits per heavy atom. The van der Waals surface area contributed by atoms with Crippen molar-refractivity contribution in [3.8, 4) is 0 Å². The Hall–Kier alpha value is -2.01. The van der Waals surface area contributed by atoms with Crippen LogP contribution in [0, 0.1) is 5.41 Å². The van der Waals surface area contributed by atoms with Crippen molar-refractivity contribution >= 4 is 35.2 Å². The number of H-pyrrole nitrogens is 1. The summed E-state index contributed by atoms with van der Waals surface area (Å²) in [7, 11) is 3.40. The molecule has 0 spiro atoms. The number of guanidine groups is 1. The number of nitrogens with zero attached hydrogens (tertiary/aromatic N) is 1. The first-order valence-electron chi connectivity index (χ1n) is 5.23. The molecule has 96 valence electrons. The van der Waals surface area contributed by atoms with Crippen molar-refractivity contribution in [3.63, 3.8) is 0 Å². The fourth-order valence-electron chi connectivity index (χ4n) is 1.48. The maximum atomic E-state index is 11.8. The number of para-hydroxylation sites is 1. The van der Waals surface area contributed by atoms with Gasteiger partial charge in [0.15, 0.2) is 5.96 Å². The number of fused-ring (bicyclic) bond motifs is 1. The second-order valence-electron chi connectivity index (χ2n) is 3.97. The number of halogens is 1. The molecule has 6 heteroatoms. The molecule has 0 saturated heterocycles. The summed E-state index contributed by atoms with van der Waals surface area (Å²) < 4.78 is 0. The molecule has 1 amide bonds. The Bertz CT molecular complexity index is 543. The number of amides is 1. The third-order valence-corrected chi connectivity index (χ3v) is 2.45. The average molecular weight is 267 g/mol. The van der Waals surface area contributed by atoms with Gasteiger partial charge in [-0.05, 0) is 12.1 Å². The Labute approximate surface area is 111 Å². The lowest BCUT2D eigenvalue weighted by Gasteiger charge is -2.13. The molecule has 18 heavy (non-hydrogen) atoms. The van der Waals surface area contributed by atoms with E-state index in [2.05, 4.69) is 10.3 Å². The molecular weight excluding hydrogens is 252 g/mol. The molecule has 0 radical (unpaired) electrons. The van der Waals surface area contributed by atoms with Gasteiger partial charge in [-0.2, -0.15) is 0 Å². The standard InChI is InChI=1S/C12H14N4O.ClH/c1-16(2)12(13)15-11(17)10-7-8-5-3-4-6-9(8)14-10;/h3-7,14H,1-2H3,(H2,13,15,17);1H. The summed E-state index contributed by atoms with van der Waals surface area (Å²) in [6, 6.07) is 9.43. The van der Waals surface area contributed by atoms with E-state index in [0.717, 1.165) is 10.9 Å². The molecule has 0 saturated carbocycles. The van der Waals surface area contributed by atoms with E-state index in [1.54, 1.807) is 20.2 Å². The SMILES string of the molecule is CN(C)C(=N)NC(=O)c1cc2ccccc2[nH]1.Cl. The van der Waals surface area contributed by atoms with Crippen molar-refractivity contribution in [3.05, 3.63) is 36.0 Å². The molecule has 0 aliphatic carbocycles. The number of aromatic amines is 1. The van der Waals surface area contributed by atoms with Crippen LogP contribution < -0.4 is 5.32 Å². The molecule has 0 aliphatic rings. The van der Waals surface area contributed by atoms with Gasteiger partial charge in [-0.1, -0.05) is 18.2 Å². The maximum absolute atomic E-state index is 11.8. The van der Waals surface area contributed by atoms with E-state index in [-0.39, 0.29) is 24.3 Å². The van der Waals surface area contributed by atoms with E-state index in [1.807, 2.05) is 24.3 Å². The van der Waals surface area contributed by atoms with E-state index in [9.17, 15) is 4.79 Å². The zero-order chi connectivity index (χ0) is 12.4. The van der Waals surface area contributed by atoms with Crippen LogP contribution in [0.1, 0.15) is 10.5 Å². The van der Waals surface area contributed by atoms with Gasteiger partial charge in [0, 0.05) is 25.0 Å². The second kappa shape index (κ2) is 5.55. The van der Waals surface area contributed by atoms with Gasteiger partial charge in [-0.25, -0.2) is 0 Å². The van der Waals surface area contributed by atoms with E-state index in [4.69, 9.17) is 5.41 Å². The van der Waals surface area contributed by atoms with Crippen molar-refractivity contribution in [1.29, 1.82) is 5.41 Å². The highest BCUT2D eigenvalue weighted by Crippen LogP contribution is 2.14. The topological polar surface area (TPSA) is 72.0 Å². The van der Waals surface area contributed by atoms with Crippen molar-refractivity contribution < 1.29 is 4.79 Å². The lowest BCUT2D eigenvalue weighted by molar-refractivity contribution is 0.0969. The number of hydrogen-bond acceptors (Lipinski definition) is 2. The third-order valence-electron chi connectivity index (χ3n) is 2.45. The minimum Gasteiger partial charge on any atom is -0.351 e. The van der Waals surface area contributed by atoms with Gasteiger partial charge in [0.2, 0.25) is 0 Å². The predicted molar refractivity (Wildman–Crippen MR) is 74.4 cm³/mol. The Morgan fingerprint density at radius 2 is 2.00 bits per heavy atom. The zero-order valence-corrected chi connectivity index (χ0v) is 11.0. The summed E-state index contributed by atoms with van der Waals surface area (Å²) in [5.74, 6) is -0.242. The summed E-state index contributed by atoms with van der Waals surface area (Å²) in [6.07, 6.45) is 0. The number of aromatic nitrogens is 1. The minimum atomic E-state index is -0.306. The van der Waals surface area contributed by atoms with Crippen LogP contribution in [0.25, 0.3) is 10.9 Å². The minimum absolute atomic E-state index is 0. The van der Waals surface area contributed by atoms with Crippen molar-refractivity contribution in [2.24, 2.45) is 0 Å². The molecule has 1 heterocycles. The molecule has 3 N–H and O–H groups in total. The van der Waals surface area contributed by atoms with E-state index in [1.165, 1.54) is 4.90 Å². The highest BCUT2D eigenvalue weighted by molar-refractivity contribution is 6.06. The first kappa shape index (κ1) is 14.1. The molecule has 1 aromatic heterocycles. The lowest BCUT2D eigenvalue weighted by atomic mass is 10.2. The molecular formula is C12H15ClN4O. The summed E-state index contributed by atoms with van der Waals surface area (Å²) in [5.41, 5.74) is 1.37. The number of carbonyl (C=O) groups is 1. The smallest absolute Gasteiger partial charge is 0.274 e. The lowest BCUT2D eigenvalue weighted by Crippen LogP contribution is -2.39. The van der Waals surface area contributed by atoms with E-state index in [0.29, 0.717) is 5.69 Å². The Morgan fingerprint density at radius 3 is 2.61 bits per heavy atom. The Kier molecular flexibility index (Phi) is 4.33. The van der Waals surface area contributed by atoms with Crippen LogP contribution in [-0.4, -0.2) is 35.8 Å². The number of rotatable bonds is 1. The number of carbonyl (C=O) groups excluding carboxylic acids is 1. The van der Waals surface area contributed by atoms with Crippen molar-refractivity contribution in [2.45, 2.75) is 0 Å². The van der Waals surface area contributed by atoms with Crippen LogP contribution in [0.15, 0.2) is 30.3 Å². The first-order chi connectivity index (χ1) is 8.08. The van der Waals surface area contributed by atoms with Gasteiger partial charge in [0.1, 0.15) is 5.69 Å². The molecule has 0 aliphatic heterocycles. The van der Waals surface area contributed by atoms with Crippen LogP contribution in [-0.2, 0) is 0 Å². The quantitative estimate of drug-likeness (QED) is 0.544. The molecule has 0 atom stereocenters. The van der Waals surface area contributed by atoms with Gasteiger partial charge < -0.3 is 9.88 Å². The maximum Gasteiger partial charge on any atom is 0.274 e. The molecule has 0 unspecified atom stereocenters. The largest absolute Gasteiger partial charge is 0.351 e. The van der Waals surface area contributed by atoms with Crippen LogP contribution in [0.3, 0.4) is 0 Å². The first-order valence-corrected chi connectivity index (χ1v) is 5.23. The van der Waals surface area contributed by atoms with Crippen molar-refractivity contribution in [1.82, 2.24) is 15.2 Å². The fourth-order valence-corrected chi connectivity index (χ4v) is 1.48. The Balaban J connectivity index is 0.00000162. The molecule has 1 aromatic carbocycles. The number of benzene rings is 1. The average Bonchev–Trinajstić information content (AvgIpc) is 2.72. The molecule has 2 rings (SSSR count). The van der Waals surface area contributed by atoms with E-state index < -0.39 is 0 Å². The van der Waals surface area contributed by atoms with Gasteiger partial charge in [0.05, 0.1) is 0 Å². The molecule has 2 aromatic rings. The second-order valence-corrected chi connectivity index (χ2v) is 3.97. The van der Waals surface area contributed by atoms with E-state index >= 15 is 0 Å². The van der Waals surface area contributed by atoms with Gasteiger partial charge >= 0.3 is 0 Å². The normalized spacial score (nSPS) is 9.67. The summed E-state index contributed by atoms with van der Waals surface area (Å²) >= 11 is 0. The van der Waals surface area contributed by atoms with Crippen LogP contribution in [0.5, 0.6) is 0 Å². The highest BCUT2D eigenvalue weighted by Gasteiger charge is 2.11. The number of nitrogens with one attached hydrogen (secondary N) is 3. The monoisotopic (exact) mass is 266 g/mol. The van der Waals surface area contributed by atoms with Gasteiger partial charge in [-0.15, -0.1) is 12.4 Å². The zero-order valence-electron chi connectivity index (χ0n) is 10.2. The summed E-state index contributed by atoms with van der Waals surface area (Å²) in [6.45, 7) is 0. The van der Waals surface area contributed by atoms with Crippen molar-refractivity contribution in [2.75, 3.05) is 14.1 Å². The highest BCUT2D eigenvalue weighted by atomic mass is 35.5. The molecule has 0 bridgehead atoms.